The number of nitrogens with zero attached hydrogens (tertiary/aromatic N) is 4. The molecular formula is C53H43N5O. The predicted molar refractivity (Wildman–Crippen MR) is 236 cm³/mol. The van der Waals surface area contributed by atoms with Gasteiger partial charge in [-0.15, -0.1) is 5.10 Å². The van der Waals surface area contributed by atoms with Crippen LogP contribution in [0.1, 0.15) is 63.3 Å². The number of benzene rings is 7. The molecular weight excluding hydrogens is 723 g/mol. The van der Waals surface area contributed by atoms with E-state index < -0.39 is 11.1 Å². The van der Waals surface area contributed by atoms with Crippen LogP contribution in [0.2, 0.25) is 0 Å². The van der Waals surface area contributed by atoms with Gasteiger partial charge in [0.15, 0.2) is 5.65 Å². The first-order valence-electron chi connectivity index (χ1n) is 20.1. The van der Waals surface area contributed by atoms with Crippen molar-refractivity contribution < 1.29 is 4.79 Å². The fourth-order valence-electron chi connectivity index (χ4n) is 8.78. The quantitative estimate of drug-likeness (QED) is 0.0881. The minimum absolute atomic E-state index is 0.184. The maximum absolute atomic E-state index is 12.1. The molecule has 0 aliphatic heterocycles. The van der Waals surface area contributed by atoms with E-state index in [1.165, 1.54) is 0 Å². The molecule has 286 valence electrons. The lowest BCUT2D eigenvalue weighted by Crippen LogP contribution is -2.39. The third-order valence-electron chi connectivity index (χ3n) is 11.4. The summed E-state index contributed by atoms with van der Waals surface area (Å²) >= 11 is 0. The molecule has 0 radical (unpaired) electrons. The van der Waals surface area contributed by atoms with Crippen molar-refractivity contribution in [3.63, 3.8) is 0 Å². The Morgan fingerprint density at radius 2 is 0.915 bits per heavy atom. The maximum atomic E-state index is 12.1. The molecule has 0 bridgehead atoms. The Kier molecular flexibility index (Phi) is 10.4. The number of rotatable bonds is 14. The Hall–Kier alpha value is -7.44. The number of carbonyl (C=O) groups is 1. The number of nitrogens with one attached hydrogen (secondary N) is 1. The average molecular weight is 766 g/mol. The smallest absolute Gasteiger partial charge is 0.182 e. The molecule has 0 aliphatic rings. The van der Waals surface area contributed by atoms with E-state index in [0.717, 1.165) is 50.8 Å². The van der Waals surface area contributed by atoms with Gasteiger partial charge in [0.25, 0.3) is 0 Å². The summed E-state index contributed by atoms with van der Waals surface area (Å²) in [6.45, 7) is 0. The number of carbonyl (C=O) groups excluding carboxylic acids is 1. The van der Waals surface area contributed by atoms with Gasteiger partial charge in [-0.2, -0.15) is 0 Å². The molecule has 0 saturated carbocycles. The van der Waals surface area contributed by atoms with E-state index >= 15 is 0 Å². The number of hydrogen-bond donors (Lipinski definition) is 1. The molecule has 0 unspecified atom stereocenters. The van der Waals surface area contributed by atoms with Crippen LogP contribution in [0.15, 0.2) is 218 Å². The van der Waals surface area contributed by atoms with E-state index in [0.29, 0.717) is 29.8 Å². The third-order valence-corrected chi connectivity index (χ3v) is 11.4. The summed E-state index contributed by atoms with van der Waals surface area (Å²) in [5.74, 6) is 0.458. The Morgan fingerprint density at radius 3 is 1.32 bits per heavy atom. The van der Waals surface area contributed by atoms with Gasteiger partial charge in [-0.1, -0.05) is 218 Å². The van der Waals surface area contributed by atoms with E-state index in [9.17, 15) is 4.79 Å². The molecule has 0 spiro atoms. The van der Waals surface area contributed by atoms with Crippen molar-refractivity contribution in [1.29, 1.82) is 0 Å². The summed E-state index contributed by atoms with van der Waals surface area (Å²) in [7, 11) is 0. The zero-order valence-electron chi connectivity index (χ0n) is 32.6. The van der Waals surface area contributed by atoms with Crippen molar-refractivity contribution in [2.24, 2.45) is 0 Å². The van der Waals surface area contributed by atoms with Crippen molar-refractivity contribution in [3.8, 4) is 0 Å². The molecule has 0 saturated heterocycles. The summed E-state index contributed by atoms with van der Waals surface area (Å²) in [5, 5.41) is 14.3. The molecule has 9 aromatic rings. The number of pyridine rings is 1. The van der Waals surface area contributed by atoms with Crippen molar-refractivity contribution in [2.75, 3.05) is 5.32 Å². The molecule has 6 nitrogen and oxygen atoms in total. The molecule has 7 aromatic carbocycles. The lowest BCUT2D eigenvalue weighted by molar-refractivity contribution is -0.107. The highest BCUT2D eigenvalue weighted by atomic mass is 16.1. The summed E-state index contributed by atoms with van der Waals surface area (Å²) in [5.41, 5.74) is 7.68. The summed E-state index contributed by atoms with van der Waals surface area (Å²) in [4.78, 5) is 17.7. The molecule has 1 N–H and O–H groups in total. The van der Waals surface area contributed by atoms with Crippen molar-refractivity contribution in [1.82, 2.24) is 20.0 Å². The SMILES string of the molecule is O=CCC[C@H](c1ccccc1)c1cc(NC(c2ccccc2)(c2ccccc2)c2ccccc2)nc2c1nnn2C(c1ccccc1)(c1ccccc1)c1ccccc1. The van der Waals surface area contributed by atoms with E-state index in [-0.39, 0.29) is 5.92 Å². The average Bonchev–Trinajstić information content (AvgIpc) is 3.75. The van der Waals surface area contributed by atoms with Gasteiger partial charge < -0.3 is 10.1 Å². The lowest BCUT2D eigenvalue weighted by Gasteiger charge is -2.38. The largest absolute Gasteiger partial charge is 0.353 e. The minimum Gasteiger partial charge on any atom is -0.353 e. The highest BCUT2D eigenvalue weighted by Gasteiger charge is 2.43. The molecule has 0 aliphatic carbocycles. The third kappa shape index (κ3) is 6.78. The second-order valence-electron chi connectivity index (χ2n) is 14.8. The van der Waals surface area contributed by atoms with Crippen LogP contribution in [0, 0.1) is 0 Å². The van der Waals surface area contributed by atoms with E-state index in [4.69, 9.17) is 15.3 Å². The van der Waals surface area contributed by atoms with Crippen LogP contribution in [0.5, 0.6) is 0 Å². The van der Waals surface area contributed by atoms with Crippen LogP contribution in [-0.4, -0.2) is 26.3 Å². The number of fused-ring (bicyclic) bond motifs is 1. The standard InChI is InChI=1S/C53H43N5O/c59-38-22-37-47(40-23-8-1-9-24-40)48-39-49(55-52(41-25-10-2-11-26-41,42-27-12-3-13-28-42)43-29-14-4-15-30-43)54-51-50(48)56-57-58(51)53(44-31-16-5-17-32-44,45-33-18-6-19-34-45)46-35-20-7-21-36-46/h1-21,23-36,38-39,47H,22,37H2,(H,54,55)/t47-/m1/s1. The van der Waals surface area contributed by atoms with Crippen LogP contribution in [0.4, 0.5) is 5.82 Å². The number of hydrogen-bond acceptors (Lipinski definition) is 5. The zero-order valence-corrected chi connectivity index (χ0v) is 32.6. The Morgan fingerprint density at radius 1 is 0.525 bits per heavy atom. The molecule has 59 heavy (non-hydrogen) atoms. The van der Waals surface area contributed by atoms with Gasteiger partial charge in [0.2, 0.25) is 0 Å². The van der Waals surface area contributed by atoms with Gasteiger partial charge in [-0.3, -0.25) is 0 Å². The highest BCUT2D eigenvalue weighted by Crippen LogP contribution is 2.45. The number of aromatic nitrogens is 4. The van der Waals surface area contributed by atoms with Crippen LogP contribution in [-0.2, 0) is 15.9 Å². The van der Waals surface area contributed by atoms with Crippen molar-refractivity contribution in [2.45, 2.75) is 29.8 Å². The normalized spacial score (nSPS) is 12.2. The van der Waals surface area contributed by atoms with Gasteiger partial charge in [0.05, 0.1) is 0 Å². The van der Waals surface area contributed by atoms with Gasteiger partial charge in [0, 0.05) is 12.3 Å². The first kappa shape index (κ1) is 37.2. The van der Waals surface area contributed by atoms with E-state index in [1.54, 1.807) is 0 Å². The molecule has 1 atom stereocenters. The minimum atomic E-state index is -0.970. The van der Waals surface area contributed by atoms with Crippen molar-refractivity contribution >= 4 is 23.3 Å². The summed E-state index contributed by atoms with van der Waals surface area (Å²) < 4.78 is 2.01. The molecule has 2 heterocycles. The van der Waals surface area contributed by atoms with Gasteiger partial charge in [0.1, 0.15) is 28.7 Å². The Labute approximate surface area is 344 Å². The number of anilines is 1. The molecule has 9 rings (SSSR count). The first-order chi connectivity index (χ1) is 29.2. The molecule has 2 aromatic heterocycles. The summed E-state index contributed by atoms with van der Waals surface area (Å²) in [6, 6.07) is 75.6. The highest BCUT2D eigenvalue weighted by molar-refractivity contribution is 5.80. The topological polar surface area (TPSA) is 72.7 Å². The van der Waals surface area contributed by atoms with Crippen LogP contribution >= 0.6 is 0 Å². The number of aldehydes is 1. The molecule has 0 fully saturated rings. The fourth-order valence-corrected chi connectivity index (χ4v) is 8.78. The van der Waals surface area contributed by atoms with E-state index in [2.05, 4.69) is 169 Å². The molecule has 6 heteroatoms. The van der Waals surface area contributed by atoms with Gasteiger partial charge in [-0.25, -0.2) is 9.67 Å². The van der Waals surface area contributed by atoms with Crippen LogP contribution in [0.3, 0.4) is 0 Å². The lowest BCUT2D eigenvalue weighted by atomic mass is 9.76. The fraction of sp³-hybridized carbons (Fsp3) is 0.0943. The predicted octanol–water partition coefficient (Wildman–Crippen LogP) is 11.2. The second-order valence-corrected chi connectivity index (χ2v) is 14.8. The van der Waals surface area contributed by atoms with Gasteiger partial charge >= 0.3 is 0 Å². The van der Waals surface area contributed by atoms with Crippen molar-refractivity contribution in [3.05, 3.63) is 263 Å². The summed E-state index contributed by atoms with van der Waals surface area (Å²) in [6.07, 6.45) is 1.96. The monoisotopic (exact) mass is 765 g/mol. The van der Waals surface area contributed by atoms with Crippen LogP contribution in [0.25, 0.3) is 11.2 Å². The van der Waals surface area contributed by atoms with E-state index in [1.807, 2.05) is 59.3 Å². The maximum Gasteiger partial charge on any atom is 0.182 e. The van der Waals surface area contributed by atoms with Gasteiger partial charge in [-0.05, 0) is 57.0 Å². The first-order valence-corrected chi connectivity index (χ1v) is 20.1. The Bertz CT molecular complexity index is 2550. The zero-order chi connectivity index (χ0) is 39.9. The molecule has 0 amide bonds. The second kappa shape index (κ2) is 16.6. The van der Waals surface area contributed by atoms with Crippen LogP contribution < -0.4 is 5.32 Å². The Balaban J connectivity index is 1.40.